The van der Waals surface area contributed by atoms with E-state index in [4.69, 9.17) is 9.47 Å². The van der Waals surface area contributed by atoms with Gasteiger partial charge in [-0.2, -0.15) is 0 Å². The molecule has 7 nitrogen and oxygen atoms in total. The van der Waals surface area contributed by atoms with Crippen LogP contribution in [0.4, 0.5) is 5.95 Å². The van der Waals surface area contributed by atoms with E-state index in [1.807, 2.05) is 18.0 Å². The predicted octanol–water partition coefficient (Wildman–Crippen LogP) is 0.234. The summed E-state index contributed by atoms with van der Waals surface area (Å²) >= 11 is 0. The number of aromatic nitrogens is 2. The van der Waals surface area contributed by atoms with Gasteiger partial charge >= 0.3 is 0 Å². The quantitative estimate of drug-likeness (QED) is 0.793. The summed E-state index contributed by atoms with van der Waals surface area (Å²) in [6, 6.07) is 0. The molecule has 7 heteroatoms. The van der Waals surface area contributed by atoms with Crippen LogP contribution in [0.2, 0.25) is 0 Å². The second-order valence-corrected chi connectivity index (χ2v) is 5.44. The zero-order valence-electron chi connectivity index (χ0n) is 13.0. The molecule has 0 spiro atoms. The van der Waals surface area contributed by atoms with Crippen molar-refractivity contribution in [3.05, 3.63) is 17.5 Å². The van der Waals surface area contributed by atoms with Crippen LogP contribution in [0.1, 0.15) is 18.2 Å². The summed E-state index contributed by atoms with van der Waals surface area (Å²) in [5, 5.41) is 0. The van der Waals surface area contributed by atoms with E-state index in [1.54, 1.807) is 0 Å². The Morgan fingerprint density at radius 1 is 1.36 bits per heavy atom. The van der Waals surface area contributed by atoms with E-state index < -0.39 is 0 Å². The predicted molar refractivity (Wildman–Crippen MR) is 80.7 cm³/mol. The van der Waals surface area contributed by atoms with Gasteiger partial charge in [-0.1, -0.05) is 0 Å². The smallest absolute Gasteiger partial charge is 0.248 e. The Hall–Kier alpha value is -1.73. The molecule has 1 saturated heterocycles. The summed E-state index contributed by atoms with van der Waals surface area (Å²) in [4.78, 5) is 25.2. The highest BCUT2D eigenvalue weighted by molar-refractivity contribution is 5.77. The molecule has 0 unspecified atom stereocenters. The molecule has 0 N–H and O–H groups in total. The van der Waals surface area contributed by atoms with E-state index in [-0.39, 0.29) is 12.5 Å². The van der Waals surface area contributed by atoms with Crippen molar-refractivity contribution < 1.29 is 14.3 Å². The summed E-state index contributed by atoms with van der Waals surface area (Å²) in [5.41, 5.74) is 2.09. The number of carbonyl (C=O) groups is 1. The van der Waals surface area contributed by atoms with Crippen LogP contribution in [0.5, 0.6) is 0 Å². The van der Waals surface area contributed by atoms with E-state index >= 15 is 0 Å². The van der Waals surface area contributed by atoms with E-state index in [0.717, 1.165) is 36.7 Å². The standard InChI is InChI=1S/C15H22N4O3/c1-2-21-11-14(20)19-4-3-12-9-16-15(17-13(12)10-19)18-5-7-22-8-6-18/h9H,2-8,10-11H2,1H3. The minimum absolute atomic E-state index is 0.0269. The van der Waals surface area contributed by atoms with Gasteiger partial charge in [0.15, 0.2) is 0 Å². The van der Waals surface area contributed by atoms with Gasteiger partial charge in [-0.25, -0.2) is 9.97 Å². The van der Waals surface area contributed by atoms with Gasteiger partial charge in [0.1, 0.15) is 6.61 Å². The third-order valence-corrected chi connectivity index (χ3v) is 4.01. The molecule has 0 bridgehead atoms. The lowest BCUT2D eigenvalue weighted by molar-refractivity contribution is -0.137. The van der Waals surface area contributed by atoms with Gasteiger partial charge in [0, 0.05) is 32.4 Å². The van der Waals surface area contributed by atoms with Gasteiger partial charge in [-0.15, -0.1) is 0 Å². The van der Waals surface area contributed by atoms with Crippen molar-refractivity contribution in [1.82, 2.24) is 14.9 Å². The Balaban J connectivity index is 1.70. The molecule has 0 aliphatic carbocycles. The molecule has 1 amide bonds. The number of fused-ring (bicyclic) bond motifs is 1. The first-order valence-corrected chi connectivity index (χ1v) is 7.81. The molecule has 120 valence electrons. The van der Waals surface area contributed by atoms with Crippen molar-refractivity contribution in [3.63, 3.8) is 0 Å². The van der Waals surface area contributed by atoms with Gasteiger partial charge in [0.25, 0.3) is 0 Å². The molecule has 1 aromatic rings. The zero-order valence-corrected chi connectivity index (χ0v) is 13.0. The second-order valence-electron chi connectivity index (χ2n) is 5.44. The number of rotatable bonds is 4. The molecular weight excluding hydrogens is 284 g/mol. The average Bonchev–Trinajstić information content (AvgIpc) is 2.59. The maximum absolute atomic E-state index is 12.1. The van der Waals surface area contributed by atoms with Crippen LogP contribution >= 0.6 is 0 Å². The van der Waals surface area contributed by atoms with E-state index in [1.165, 1.54) is 0 Å². The molecule has 22 heavy (non-hydrogen) atoms. The molecule has 2 aliphatic rings. The molecule has 2 aliphatic heterocycles. The van der Waals surface area contributed by atoms with Gasteiger partial charge in [-0.3, -0.25) is 4.79 Å². The van der Waals surface area contributed by atoms with Crippen molar-refractivity contribution >= 4 is 11.9 Å². The van der Waals surface area contributed by atoms with Crippen LogP contribution in [-0.2, 0) is 27.2 Å². The van der Waals surface area contributed by atoms with Crippen LogP contribution in [-0.4, -0.2) is 66.8 Å². The number of anilines is 1. The molecule has 0 atom stereocenters. The summed E-state index contributed by atoms with van der Waals surface area (Å²) in [6.07, 6.45) is 2.70. The lowest BCUT2D eigenvalue weighted by Gasteiger charge is -2.30. The zero-order chi connectivity index (χ0) is 15.4. The number of morpholine rings is 1. The molecule has 0 radical (unpaired) electrons. The number of carbonyl (C=O) groups excluding carboxylic acids is 1. The van der Waals surface area contributed by atoms with Crippen LogP contribution in [0.15, 0.2) is 6.20 Å². The maximum atomic E-state index is 12.1. The van der Waals surface area contributed by atoms with Crippen molar-refractivity contribution in [2.45, 2.75) is 19.9 Å². The van der Waals surface area contributed by atoms with E-state index in [0.29, 0.717) is 32.9 Å². The number of nitrogens with zero attached hydrogens (tertiary/aromatic N) is 4. The first-order valence-electron chi connectivity index (χ1n) is 7.81. The first-order chi connectivity index (χ1) is 10.8. The highest BCUT2D eigenvalue weighted by Crippen LogP contribution is 2.19. The minimum atomic E-state index is 0.0269. The van der Waals surface area contributed by atoms with Crippen molar-refractivity contribution in [3.8, 4) is 0 Å². The largest absolute Gasteiger partial charge is 0.378 e. The van der Waals surface area contributed by atoms with E-state index in [2.05, 4.69) is 14.9 Å². The fourth-order valence-electron chi connectivity index (χ4n) is 2.70. The summed E-state index contributed by atoms with van der Waals surface area (Å²) in [7, 11) is 0. The summed E-state index contributed by atoms with van der Waals surface area (Å²) < 4.78 is 10.6. The second kappa shape index (κ2) is 7.02. The third kappa shape index (κ3) is 3.36. The van der Waals surface area contributed by atoms with Crippen LogP contribution in [0.25, 0.3) is 0 Å². The summed E-state index contributed by atoms with van der Waals surface area (Å²) in [5.74, 6) is 0.764. The van der Waals surface area contributed by atoms with E-state index in [9.17, 15) is 4.79 Å². The highest BCUT2D eigenvalue weighted by atomic mass is 16.5. The first kappa shape index (κ1) is 15.2. The number of hydrogen-bond acceptors (Lipinski definition) is 6. The Kier molecular flexibility index (Phi) is 4.84. The van der Waals surface area contributed by atoms with Gasteiger partial charge in [0.2, 0.25) is 11.9 Å². The Morgan fingerprint density at radius 3 is 2.95 bits per heavy atom. The SMILES string of the molecule is CCOCC(=O)N1CCc2cnc(N3CCOCC3)nc2C1. The molecule has 0 aromatic carbocycles. The van der Waals surface area contributed by atoms with Crippen molar-refractivity contribution in [2.75, 3.05) is 51.0 Å². The van der Waals surface area contributed by atoms with Crippen LogP contribution < -0.4 is 4.90 Å². The lowest BCUT2D eigenvalue weighted by atomic mass is 10.1. The van der Waals surface area contributed by atoms with Crippen LogP contribution in [0.3, 0.4) is 0 Å². The monoisotopic (exact) mass is 306 g/mol. The van der Waals surface area contributed by atoms with Gasteiger partial charge < -0.3 is 19.3 Å². The lowest BCUT2D eigenvalue weighted by Crippen LogP contribution is -2.40. The number of amides is 1. The molecular formula is C15H22N4O3. The van der Waals surface area contributed by atoms with Crippen LogP contribution in [0, 0.1) is 0 Å². The fourth-order valence-corrected chi connectivity index (χ4v) is 2.70. The third-order valence-electron chi connectivity index (χ3n) is 4.01. The molecule has 3 rings (SSSR count). The van der Waals surface area contributed by atoms with Crippen molar-refractivity contribution in [1.29, 1.82) is 0 Å². The Bertz CT molecular complexity index is 532. The molecule has 1 fully saturated rings. The average molecular weight is 306 g/mol. The van der Waals surface area contributed by atoms with Crippen molar-refractivity contribution in [2.24, 2.45) is 0 Å². The minimum Gasteiger partial charge on any atom is -0.378 e. The Labute approximate surface area is 130 Å². The Morgan fingerprint density at radius 2 is 2.18 bits per heavy atom. The number of ether oxygens (including phenoxy) is 2. The highest BCUT2D eigenvalue weighted by Gasteiger charge is 2.23. The molecule has 0 saturated carbocycles. The molecule has 3 heterocycles. The summed E-state index contributed by atoms with van der Waals surface area (Å²) in [6.45, 7) is 6.88. The van der Waals surface area contributed by atoms with Gasteiger partial charge in [-0.05, 0) is 18.9 Å². The maximum Gasteiger partial charge on any atom is 0.248 e. The molecule has 1 aromatic heterocycles. The fraction of sp³-hybridized carbons (Fsp3) is 0.667. The topological polar surface area (TPSA) is 67.8 Å². The normalized spacial score (nSPS) is 18.2. The van der Waals surface area contributed by atoms with Gasteiger partial charge in [0.05, 0.1) is 25.5 Å². The number of hydrogen-bond donors (Lipinski definition) is 0.